The van der Waals surface area contributed by atoms with Crippen molar-refractivity contribution in [3.05, 3.63) is 58.7 Å². The summed E-state index contributed by atoms with van der Waals surface area (Å²) >= 11 is 0. The van der Waals surface area contributed by atoms with Gasteiger partial charge in [0, 0.05) is 13.2 Å². The molecule has 0 fully saturated rings. The highest BCUT2D eigenvalue weighted by atomic mass is 16.3. The van der Waals surface area contributed by atoms with E-state index in [0.717, 1.165) is 12.0 Å². The van der Waals surface area contributed by atoms with E-state index in [4.69, 9.17) is 5.11 Å². The Labute approximate surface area is 113 Å². The largest absolute Gasteiger partial charge is 0.396 e. The van der Waals surface area contributed by atoms with E-state index in [9.17, 15) is 5.11 Å². The van der Waals surface area contributed by atoms with Crippen LogP contribution in [0.5, 0.6) is 0 Å². The van der Waals surface area contributed by atoms with E-state index in [1.165, 1.54) is 27.8 Å². The van der Waals surface area contributed by atoms with Crippen LogP contribution >= 0.6 is 0 Å². The average Bonchev–Trinajstić information content (AvgIpc) is 2.79. The number of fused-ring (bicyclic) bond motifs is 3. The van der Waals surface area contributed by atoms with Gasteiger partial charge < -0.3 is 10.2 Å². The number of hydrogen-bond donors (Lipinski definition) is 2. The van der Waals surface area contributed by atoms with Gasteiger partial charge in [0.15, 0.2) is 0 Å². The Balaban J connectivity index is 2.14. The first-order valence-corrected chi connectivity index (χ1v) is 6.78. The minimum atomic E-state index is 0.166. The van der Waals surface area contributed by atoms with E-state index >= 15 is 0 Å². The molecule has 2 heteroatoms. The van der Waals surface area contributed by atoms with Gasteiger partial charge in [0.05, 0.1) is 0 Å². The summed E-state index contributed by atoms with van der Waals surface area (Å²) in [5.41, 5.74) is 7.66. The molecule has 2 nitrogen and oxygen atoms in total. The van der Waals surface area contributed by atoms with Gasteiger partial charge in [0.25, 0.3) is 0 Å². The summed E-state index contributed by atoms with van der Waals surface area (Å²) in [5.74, 6) is 0. The molecule has 2 aromatic rings. The first-order valence-electron chi connectivity index (χ1n) is 6.78. The summed E-state index contributed by atoms with van der Waals surface area (Å²) < 4.78 is 0. The summed E-state index contributed by atoms with van der Waals surface area (Å²) in [6.45, 7) is 0.338. The molecule has 0 bridgehead atoms. The molecule has 0 unspecified atom stereocenters. The van der Waals surface area contributed by atoms with Crippen LogP contribution in [-0.2, 0) is 19.3 Å². The third kappa shape index (κ3) is 2.18. The van der Waals surface area contributed by atoms with Crippen molar-refractivity contribution >= 4 is 0 Å². The number of aliphatic hydroxyl groups excluding tert-OH is 2. The van der Waals surface area contributed by atoms with Crippen molar-refractivity contribution in [3.63, 3.8) is 0 Å². The average molecular weight is 254 g/mol. The number of rotatable bonds is 4. The van der Waals surface area contributed by atoms with Gasteiger partial charge in [0.1, 0.15) is 0 Å². The Morgan fingerprint density at radius 1 is 0.895 bits per heavy atom. The molecule has 0 atom stereocenters. The molecule has 2 N–H and O–H groups in total. The fourth-order valence-electron chi connectivity index (χ4n) is 2.99. The van der Waals surface area contributed by atoms with E-state index in [-0.39, 0.29) is 13.2 Å². The summed E-state index contributed by atoms with van der Waals surface area (Å²) in [4.78, 5) is 0. The molecule has 1 aliphatic carbocycles. The first-order chi connectivity index (χ1) is 9.33. The molecular weight excluding hydrogens is 236 g/mol. The molecule has 0 radical (unpaired) electrons. The maximum Gasteiger partial charge on any atom is 0.0471 e. The summed E-state index contributed by atoms with van der Waals surface area (Å²) in [7, 11) is 0. The number of benzene rings is 2. The third-order valence-corrected chi connectivity index (χ3v) is 3.86. The van der Waals surface area contributed by atoms with Crippen LogP contribution in [0, 0.1) is 0 Å². The van der Waals surface area contributed by atoms with Crippen molar-refractivity contribution in [2.75, 3.05) is 13.2 Å². The lowest BCUT2D eigenvalue weighted by Gasteiger charge is -2.11. The molecule has 0 saturated carbocycles. The predicted octanol–water partition coefficient (Wildman–Crippen LogP) is 2.33. The monoisotopic (exact) mass is 254 g/mol. The smallest absolute Gasteiger partial charge is 0.0471 e. The van der Waals surface area contributed by atoms with E-state index < -0.39 is 0 Å². The third-order valence-electron chi connectivity index (χ3n) is 3.86. The van der Waals surface area contributed by atoms with Crippen LogP contribution in [-0.4, -0.2) is 23.4 Å². The zero-order chi connectivity index (χ0) is 13.2. The Kier molecular flexibility index (Phi) is 3.36. The van der Waals surface area contributed by atoms with Crippen LogP contribution in [0.2, 0.25) is 0 Å². The minimum Gasteiger partial charge on any atom is -0.396 e. The molecule has 0 aliphatic heterocycles. The Bertz CT molecular complexity index is 602. The highest BCUT2D eigenvalue weighted by Gasteiger charge is 2.21. The summed E-state index contributed by atoms with van der Waals surface area (Å²) in [6, 6.07) is 12.8. The normalized spacial score (nSPS) is 12.3. The molecule has 3 rings (SSSR count). The minimum absolute atomic E-state index is 0.166. The molecule has 0 heterocycles. The van der Waals surface area contributed by atoms with E-state index in [1.807, 2.05) is 0 Å². The van der Waals surface area contributed by atoms with Gasteiger partial charge in [-0.25, -0.2) is 0 Å². The summed E-state index contributed by atoms with van der Waals surface area (Å²) in [6.07, 6.45) is 2.32. The van der Waals surface area contributed by atoms with Gasteiger partial charge in [-0.1, -0.05) is 36.4 Å². The van der Waals surface area contributed by atoms with Crippen molar-refractivity contribution in [1.82, 2.24) is 0 Å². The van der Waals surface area contributed by atoms with Gasteiger partial charge in [-0.05, 0) is 52.6 Å². The van der Waals surface area contributed by atoms with Crippen LogP contribution < -0.4 is 0 Å². The molecular formula is C17H18O2. The topological polar surface area (TPSA) is 40.5 Å². The van der Waals surface area contributed by atoms with Crippen LogP contribution in [0.4, 0.5) is 0 Å². The van der Waals surface area contributed by atoms with Crippen LogP contribution in [0.3, 0.4) is 0 Å². The first kappa shape index (κ1) is 12.4. The molecule has 0 aromatic heterocycles. The fourth-order valence-corrected chi connectivity index (χ4v) is 2.99. The van der Waals surface area contributed by atoms with Gasteiger partial charge in [-0.15, -0.1) is 0 Å². The Morgan fingerprint density at radius 3 is 2.47 bits per heavy atom. The zero-order valence-corrected chi connectivity index (χ0v) is 10.9. The Morgan fingerprint density at radius 2 is 1.68 bits per heavy atom. The zero-order valence-electron chi connectivity index (χ0n) is 10.9. The molecule has 0 spiro atoms. The molecule has 0 amide bonds. The van der Waals surface area contributed by atoms with Gasteiger partial charge in [0.2, 0.25) is 0 Å². The lowest BCUT2D eigenvalue weighted by atomic mass is 9.95. The second kappa shape index (κ2) is 5.16. The second-order valence-corrected chi connectivity index (χ2v) is 5.06. The molecule has 2 aromatic carbocycles. The van der Waals surface area contributed by atoms with Crippen molar-refractivity contribution in [1.29, 1.82) is 0 Å². The van der Waals surface area contributed by atoms with Crippen LogP contribution in [0.25, 0.3) is 11.1 Å². The van der Waals surface area contributed by atoms with Crippen LogP contribution in [0.1, 0.15) is 22.3 Å². The van der Waals surface area contributed by atoms with Gasteiger partial charge >= 0.3 is 0 Å². The quantitative estimate of drug-likeness (QED) is 0.750. The Hall–Kier alpha value is -1.64. The van der Waals surface area contributed by atoms with E-state index in [1.54, 1.807) is 0 Å². The van der Waals surface area contributed by atoms with E-state index in [2.05, 4.69) is 36.4 Å². The predicted molar refractivity (Wildman–Crippen MR) is 76.3 cm³/mol. The highest BCUT2D eigenvalue weighted by molar-refractivity contribution is 5.78. The maximum atomic E-state index is 9.24. The van der Waals surface area contributed by atoms with Gasteiger partial charge in [-0.3, -0.25) is 0 Å². The number of aliphatic hydroxyl groups is 2. The summed E-state index contributed by atoms with van der Waals surface area (Å²) in [5, 5.41) is 18.4. The van der Waals surface area contributed by atoms with Crippen molar-refractivity contribution in [2.24, 2.45) is 0 Å². The van der Waals surface area contributed by atoms with Crippen molar-refractivity contribution in [3.8, 4) is 11.1 Å². The van der Waals surface area contributed by atoms with Crippen LogP contribution in [0.15, 0.2) is 36.4 Å². The SMILES string of the molecule is OCCc1cc(CCO)c2c(c1)-c1ccccc1C2. The fraction of sp³-hybridized carbons (Fsp3) is 0.294. The second-order valence-electron chi connectivity index (χ2n) is 5.06. The van der Waals surface area contributed by atoms with Crippen molar-refractivity contribution < 1.29 is 10.2 Å². The molecule has 19 heavy (non-hydrogen) atoms. The highest BCUT2D eigenvalue weighted by Crippen LogP contribution is 2.39. The molecule has 0 saturated heterocycles. The lowest BCUT2D eigenvalue weighted by molar-refractivity contribution is 0.298. The standard InChI is InChI=1S/C17H18O2/c18-7-5-12-9-14(6-8-19)16-11-13-3-1-2-4-15(13)17(16)10-12/h1-4,9-10,18-19H,5-8,11H2. The maximum absolute atomic E-state index is 9.24. The van der Waals surface area contributed by atoms with Crippen molar-refractivity contribution in [2.45, 2.75) is 19.3 Å². The van der Waals surface area contributed by atoms with Gasteiger partial charge in [-0.2, -0.15) is 0 Å². The molecule has 98 valence electrons. The lowest BCUT2D eigenvalue weighted by Crippen LogP contribution is -2.00. The molecule has 1 aliphatic rings. The van der Waals surface area contributed by atoms with E-state index in [0.29, 0.717) is 12.8 Å². The number of hydrogen-bond acceptors (Lipinski definition) is 2.